The average Bonchev–Trinajstić information content (AvgIpc) is 2.66. The van der Waals surface area contributed by atoms with Crippen molar-refractivity contribution in [2.45, 2.75) is 51.5 Å². The molecule has 158 valence electrons. The summed E-state index contributed by atoms with van der Waals surface area (Å²) in [7, 11) is -3.72. The smallest absolute Gasteiger partial charge is 0.293 e. The zero-order valence-corrected chi connectivity index (χ0v) is 18.0. The van der Waals surface area contributed by atoms with Crippen LogP contribution in [0.2, 0.25) is 0 Å². The van der Waals surface area contributed by atoms with Crippen LogP contribution in [0, 0.1) is 16.0 Å². The van der Waals surface area contributed by atoms with Gasteiger partial charge in [-0.2, -0.15) is 4.31 Å². The zero-order valence-electron chi connectivity index (χ0n) is 17.2. The van der Waals surface area contributed by atoms with Crippen molar-refractivity contribution >= 4 is 21.4 Å². The van der Waals surface area contributed by atoms with Gasteiger partial charge in [0.15, 0.2) is 0 Å². The molecule has 0 saturated carbocycles. The highest BCUT2D eigenvalue weighted by Crippen LogP contribution is 2.31. The molecule has 1 aliphatic rings. The number of anilines is 1. The van der Waals surface area contributed by atoms with Gasteiger partial charge in [0.05, 0.1) is 9.82 Å². The lowest BCUT2D eigenvalue weighted by Crippen LogP contribution is -2.38. The number of rotatable bonds is 9. The highest BCUT2D eigenvalue weighted by Gasteiger charge is 2.30. The second kappa shape index (κ2) is 9.67. The molecule has 1 saturated heterocycles. The van der Waals surface area contributed by atoms with Crippen molar-refractivity contribution in [3.8, 4) is 0 Å². The molecular formula is C19H32N4O4S. The maximum absolute atomic E-state index is 12.9. The van der Waals surface area contributed by atoms with Crippen molar-refractivity contribution in [1.82, 2.24) is 9.21 Å². The van der Waals surface area contributed by atoms with Crippen LogP contribution in [0.25, 0.3) is 0 Å². The van der Waals surface area contributed by atoms with Gasteiger partial charge < -0.3 is 10.2 Å². The van der Waals surface area contributed by atoms with E-state index in [0.717, 1.165) is 32.5 Å². The first kappa shape index (κ1) is 22.6. The van der Waals surface area contributed by atoms with E-state index in [1.54, 1.807) is 0 Å². The highest BCUT2D eigenvalue weighted by molar-refractivity contribution is 7.89. The molecule has 0 aromatic heterocycles. The average molecular weight is 413 g/mol. The number of sulfonamides is 1. The summed E-state index contributed by atoms with van der Waals surface area (Å²) in [4.78, 5) is 13.3. The minimum atomic E-state index is -3.72. The maximum Gasteiger partial charge on any atom is 0.293 e. The fraction of sp³-hybridized carbons (Fsp3) is 0.684. The quantitative estimate of drug-likeness (QED) is 0.494. The molecule has 1 N–H and O–H groups in total. The topological polar surface area (TPSA) is 95.8 Å². The lowest BCUT2D eigenvalue weighted by molar-refractivity contribution is -0.384. The van der Waals surface area contributed by atoms with E-state index in [1.807, 2.05) is 6.92 Å². The molecule has 2 rings (SSSR count). The van der Waals surface area contributed by atoms with Gasteiger partial charge in [-0.25, -0.2) is 8.42 Å². The Labute approximate surface area is 168 Å². The van der Waals surface area contributed by atoms with Gasteiger partial charge >= 0.3 is 0 Å². The lowest BCUT2D eigenvalue weighted by Gasteiger charge is -2.29. The molecule has 1 aromatic rings. The van der Waals surface area contributed by atoms with E-state index < -0.39 is 14.9 Å². The molecule has 0 amide bonds. The van der Waals surface area contributed by atoms with Gasteiger partial charge in [0.25, 0.3) is 5.69 Å². The number of likely N-dealkylation sites (N-methyl/N-ethyl adjacent to an activating group) is 1. The number of nitro groups is 1. The molecule has 0 aliphatic carbocycles. The van der Waals surface area contributed by atoms with Crippen molar-refractivity contribution in [2.24, 2.45) is 5.92 Å². The van der Waals surface area contributed by atoms with Gasteiger partial charge in [0, 0.05) is 31.7 Å². The van der Waals surface area contributed by atoms with Crippen LogP contribution in [-0.2, 0) is 10.0 Å². The Kier molecular flexibility index (Phi) is 7.79. The molecule has 0 unspecified atom stereocenters. The summed E-state index contributed by atoms with van der Waals surface area (Å²) in [5.74, 6) is 0.500. The third kappa shape index (κ3) is 5.42. The van der Waals surface area contributed by atoms with Gasteiger partial charge in [-0.15, -0.1) is 0 Å². The van der Waals surface area contributed by atoms with Crippen LogP contribution >= 0.6 is 0 Å². The van der Waals surface area contributed by atoms with Crippen molar-refractivity contribution < 1.29 is 13.3 Å². The van der Waals surface area contributed by atoms with Gasteiger partial charge in [0.2, 0.25) is 10.0 Å². The maximum atomic E-state index is 12.9. The number of nitrogens with one attached hydrogen (secondary N) is 1. The lowest BCUT2D eigenvalue weighted by atomic mass is 10.0. The van der Waals surface area contributed by atoms with Gasteiger partial charge in [0.1, 0.15) is 5.69 Å². The predicted octanol–water partition coefficient (Wildman–Crippen LogP) is 3.16. The van der Waals surface area contributed by atoms with E-state index in [-0.39, 0.29) is 16.6 Å². The first-order valence-electron chi connectivity index (χ1n) is 9.96. The molecule has 1 fully saturated rings. The molecule has 9 heteroatoms. The van der Waals surface area contributed by atoms with Gasteiger partial charge in [-0.3, -0.25) is 10.1 Å². The Balaban J connectivity index is 2.23. The first-order valence-corrected chi connectivity index (χ1v) is 11.4. The van der Waals surface area contributed by atoms with Crippen molar-refractivity contribution in [3.63, 3.8) is 0 Å². The molecule has 1 atom stereocenters. The van der Waals surface area contributed by atoms with Crippen LogP contribution in [0.3, 0.4) is 0 Å². The summed E-state index contributed by atoms with van der Waals surface area (Å²) < 4.78 is 27.2. The Bertz CT molecular complexity index is 772. The Morgan fingerprint density at radius 1 is 1.29 bits per heavy atom. The number of hydrogen-bond donors (Lipinski definition) is 1. The molecule has 8 nitrogen and oxygen atoms in total. The zero-order chi connectivity index (χ0) is 20.9. The molecule has 0 radical (unpaired) electrons. The van der Waals surface area contributed by atoms with Crippen molar-refractivity contribution in [2.75, 3.05) is 38.0 Å². The Morgan fingerprint density at radius 3 is 2.43 bits per heavy atom. The third-order valence-electron chi connectivity index (χ3n) is 5.37. The molecule has 1 aromatic carbocycles. The standard InChI is InChI=1S/C19H32N4O4S/c1-5-21(6-2)14-16(4)20-18-8-7-17(13-19(18)23(24)25)28(26,27)22-11-9-15(3)10-12-22/h7-8,13,15-16,20H,5-6,9-12,14H2,1-4H3/t16-/m1/s1. The van der Waals surface area contributed by atoms with E-state index in [0.29, 0.717) is 24.7 Å². The molecule has 28 heavy (non-hydrogen) atoms. The normalized spacial score (nSPS) is 17.6. The Hall–Kier alpha value is -1.71. The molecule has 1 aliphatic heterocycles. The van der Waals surface area contributed by atoms with Crippen molar-refractivity contribution in [1.29, 1.82) is 0 Å². The van der Waals surface area contributed by atoms with Gasteiger partial charge in [-0.05, 0) is 50.9 Å². The monoisotopic (exact) mass is 412 g/mol. The van der Waals surface area contributed by atoms with Crippen LogP contribution in [0.1, 0.15) is 40.5 Å². The fourth-order valence-electron chi connectivity index (χ4n) is 3.50. The number of benzene rings is 1. The van der Waals surface area contributed by atoms with E-state index in [9.17, 15) is 18.5 Å². The molecule has 0 spiro atoms. The molecule has 0 bridgehead atoms. The van der Waals surface area contributed by atoms with E-state index >= 15 is 0 Å². The van der Waals surface area contributed by atoms with Crippen LogP contribution in [0.15, 0.2) is 23.1 Å². The van der Waals surface area contributed by atoms with Crippen LogP contribution in [0.4, 0.5) is 11.4 Å². The SMILES string of the molecule is CCN(CC)C[C@@H](C)Nc1ccc(S(=O)(=O)N2CCC(C)CC2)cc1[N+](=O)[O-]. The Morgan fingerprint density at radius 2 is 1.89 bits per heavy atom. The number of piperidine rings is 1. The van der Waals surface area contributed by atoms with E-state index in [1.165, 1.54) is 22.5 Å². The summed E-state index contributed by atoms with van der Waals surface area (Å²) >= 11 is 0. The second-order valence-electron chi connectivity index (χ2n) is 7.55. The number of nitrogens with zero attached hydrogens (tertiary/aromatic N) is 3. The first-order chi connectivity index (χ1) is 13.2. The molecule has 1 heterocycles. The summed E-state index contributed by atoms with van der Waals surface area (Å²) in [6.07, 6.45) is 1.62. The second-order valence-corrected chi connectivity index (χ2v) is 9.49. The number of nitro benzene ring substituents is 1. The number of hydrogen-bond acceptors (Lipinski definition) is 6. The van der Waals surface area contributed by atoms with E-state index in [2.05, 4.69) is 31.0 Å². The minimum Gasteiger partial charge on any atom is -0.376 e. The summed E-state index contributed by atoms with van der Waals surface area (Å²) in [6, 6.07) is 4.15. The summed E-state index contributed by atoms with van der Waals surface area (Å²) in [6.45, 7) is 11.7. The van der Waals surface area contributed by atoms with Crippen LogP contribution < -0.4 is 5.32 Å². The predicted molar refractivity (Wildman–Crippen MR) is 111 cm³/mol. The minimum absolute atomic E-state index is 0.00959. The van der Waals surface area contributed by atoms with Crippen LogP contribution in [-0.4, -0.2) is 61.3 Å². The van der Waals surface area contributed by atoms with Gasteiger partial charge in [-0.1, -0.05) is 20.8 Å². The summed E-state index contributed by atoms with van der Waals surface area (Å²) in [5.41, 5.74) is 0.133. The largest absolute Gasteiger partial charge is 0.376 e. The van der Waals surface area contributed by atoms with E-state index in [4.69, 9.17) is 0 Å². The summed E-state index contributed by atoms with van der Waals surface area (Å²) in [5, 5.41) is 14.7. The van der Waals surface area contributed by atoms with Crippen LogP contribution in [0.5, 0.6) is 0 Å². The fourth-order valence-corrected chi connectivity index (χ4v) is 4.99. The van der Waals surface area contributed by atoms with Crippen molar-refractivity contribution in [3.05, 3.63) is 28.3 Å². The third-order valence-corrected chi connectivity index (χ3v) is 7.27. The molecular weight excluding hydrogens is 380 g/mol. The highest BCUT2D eigenvalue weighted by atomic mass is 32.2.